The van der Waals surface area contributed by atoms with E-state index in [9.17, 15) is 9.59 Å². The van der Waals surface area contributed by atoms with Crippen molar-refractivity contribution in [3.05, 3.63) is 59.7 Å². The monoisotopic (exact) mass is 341 g/mol. The largest absolute Gasteiger partial charge is 0.471 e. The van der Waals surface area contributed by atoms with Crippen LogP contribution in [0.2, 0.25) is 0 Å². The van der Waals surface area contributed by atoms with Crippen molar-refractivity contribution in [1.82, 2.24) is 5.32 Å². The van der Waals surface area contributed by atoms with Crippen molar-refractivity contribution in [2.45, 2.75) is 32.9 Å². The van der Waals surface area contributed by atoms with E-state index in [0.717, 1.165) is 11.3 Å². The second kappa shape index (κ2) is 8.19. The summed E-state index contributed by atoms with van der Waals surface area (Å²) in [5.41, 5.74) is 7.20. The SMILES string of the molecule is CC(NC(=O)Nc1ccc(C(N)=O)cc1)Oc1ccccc1C(C)C. The lowest BCUT2D eigenvalue weighted by molar-refractivity contribution is 0.1000. The fourth-order valence-electron chi connectivity index (χ4n) is 2.35. The number of ether oxygens (including phenoxy) is 1. The Kier molecular flexibility index (Phi) is 6.00. The molecule has 0 radical (unpaired) electrons. The lowest BCUT2D eigenvalue weighted by atomic mass is 10.0. The van der Waals surface area contributed by atoms with E-state index in [0.29, 0.717) is 17.2 Å². The molecular weight excluding hydrogens is 318 g/mol. The number of hydrogen-bond donors (Lipinski definition) is 3. The van der Waals surface area contributed by atoms with Crippen LogP contribution in [0.25, 0.3) is 0 Å². The highest BCUT2D eigenvalue weighted by Crippen LogP contribution is 2.26. The maximum Gasteiger partial charge on any atom is 0.322 e. The molecule has 3 amide bonds. The third-order valence-electron chi connectivity index (χ3n) is 3.61. The first-order valence-electron chi connectivity index (χ1n) is 8.09. The Morgan fingerprint density at radius 3 is 2.24 bits per heavy atom. The van der Waals surface area contributed by atoms with Gasteiger partial charge in [0.1, 0.15) is 5.75 Å². The van der Waals surface area contributed by atoms with Gasteiger partial charge < -0.3 is 21.1 Å². The minimum absolute atomic E-state index is 0.320. The molecule has 2 aromatic carbocycles. The molecule has 0 bridgehead atoms. The highest BCUT2D eigenvalue weighted by Gasteiger charge is 2.12. The molecule has 0 aliphatic rings. The molecular formula is C19H23N3O3. The number of nitrogens with two attached hydrogens (primary N) is 1. The molecule has 0 saturated heterocycles. The van der Waals surface area contributed by atoms with Gasteiger partial charge in [-0.25, -0.2) is 4.79 Å². The molecule has 0 saturated carbocycles. The number of amides is 3. The number of carbonyl (C=O) groups excluding carboxylic acids is 2. The van der Waals surface area contributed by atoms with Crippen LogP contribution in [0.4, 0.5) is 10.5 Å². The minimum Gasteiger partial charge on any atom is -0.471 e. The molecule has 0 fully saturated rings. The van der Waals surface area contributed by atoms with Crippen molar-refractivity contribution in [1.29, 1.82) is 0 Å². The van der Waals surface area contributed by atoms with Gasteiger partial charge in [-0.1, -0.05) is 32.0 Å². The Labute approximate surface area is 147 Å². The van der Waals surface area contributed by atoms with Crippen LogP contribution in [0.1, 0.15) is 42.6 Å². The molecule has 0 heterocycles. The Bertz CT molecular complexity index is 742. The van der Waals surface area contributed by atoms with Crippen molar-refractivity contribution in [2.75, 3.05) is 5.32 Å². The van der Waals surface area contributed by atoms with E-state index in [1.165, 1.54) is 0 Å². The van der Waals surface area contributed by atoms with Gasteiger partial charge in [-0.05, 0) is 48.7 Å². The quantitative estimate of drug-likeness (QED) is 0.702. The Balaban J connectivity index is 1.93. The molecule has 6 heteroatoms. The normalized spacial score (nSPS) is 11.7. The fourth-order valence-corrected chi connectivity index (χ4v) is 2.35. The predicted octanol–water partition coefficient (Wildman–Crippen LogP) is 3.46. The van der Waals surface area contributed by atoms with Crippen LogP contribution in [-0.2, 0) is 0 Å². The number of benzene rings is 2. The second-order valence-corrected chi connectivity index (χ2v) is 5.99. The highest BCUT2D eigenvalue weighted by molar-refractivity contribution is 5.94. The van der Waals surface area contributed by atoms with Crippen LogP contribution in [0.5, 0.6) is 5.75 Å². The number of rotatable bonds is 6. The van der Waals surface area contributed by atoms with E-state index in [2.05, 4.69) is 24.5 Å². The Morgan fingerprint density at radius 1 is 1.00 bits per heavy atom. The van der Waals surface area contributed by atoms with Crippen LogP contribution >= 0.6 is 0 Å². The molecule has 4 N–H and O–H groups in total. The molecule has 1 atom stereocenters. The fraction of sp³-hybridized carbons (Fsp3) is 0.263. The Hall–Kier alpha value is -3.02. The third-order valence-corrected chi connectivity index (χ3v) is 3.61. The van der Waals surface area contributed by atoms with Crippen LogP contribution in [0, 0.1) is 0 Å². The summed E-state index contributed by atoms with van der Waals surface area (Å²) in [6, 6.07) is 13.7. The van der Waals surface area contributed by atoms with Gasteiger partial charge in [0.25, 0.3) is 0 Å². The van der Waals surface area contributed by atoms with Gasteiger partial charge in [-0.3, -0.25) is 4.79 Å². The summed E-state index contributed by atoms with van der Waals surface area (Å²) in [6.07, 6.45) is -0.509. The molecule has 2 rings (SSSR count). The van der Waals surface area contributed by atoms with Crippen molar-refractivity contribution in [3.8, 4) is 5.75 Å². The van der Waals surface area contributed by atoms with Gasteiger partial charge in [0.05, 0.1) is 0 Å². The van der Waals surface area contributed by atoms with Crippen molar-refractivity contribution in [3.63, 3.8) is 0 Å². The highest BCUT2D eigenvalue weighted by atomic mass is 16.5. The molecule has 0 aliphatic carbocycles. The summed E-state index contributed by atoms with van der Waals surface area (Å²) in [7, 11) is 0. The van der Waals surface area contributed by atoms with Gasteiger partial charge >= 0.3 is 6.03 Å². The molecule has 25 heavy (non-hydrogen) atoms. The summed E-state index contributed by atoms with van der Waals surface area (Å²) in [5, 5.41) is 5.40. The van der Waals surface area contributed by atoms with Crippen LogP contribution in [0.15, 0.2) is 48.5 Å². The Morgan fingerprint density at radius 2 is 1.64 bits per heavy atom. The molecule has 6 nitrogen and oxygen atoms in total. The van der Waals surface area contributed by atoms with Gasteiger partial charge in [0, 0.05) is 11.3 Å². The summed E-state index contributed by atoms with van der Waals surface area (Å²) < 4.78 is 5.83. The van der Waals surface area contributed by atoms with E-state index in [1.807, 2.05) is 24.3 Å². The summed E-state index contributed by atoms with van der Waals surface area (Å²) in [5.74, 6) is 0.555. The van der Waals surface area contributed by atoms with Crippen LogP contribution in [-0.4, -0.2) is 18.2 Å². The van der Waals surface area contributed by atoms with E-state index >= 15 is 0 Å². The first-order valence-corrected chi connectivity index (χ1v) is 8.09. The summed E-state index contributed by atoms with van der Waals surface area (Å²) in [6.45, 7) is 5.93. The molecule has 132 valence electrons. The van der Waals surface area contributed by atoms with E-state index in [4.69, 9.17) is 10.5 Å². The number of hydrogen-bond acceptors (Lipinski definition) is 3. The minimum atomic E-state index is -0.512. The standard InChI is InChI=1S/C19H23N3O3/c1-12(2)16-6-4-5-7-17(16)25-13(3)21-19(24)22-15-10-8-14(9-11-15)18(20)23/h4-13H,1-3H3,(H2,20,23)(H2,21,22,24). The maximum atomic E-state index is 12.1. The number of primary amides is 1. The van der Waals surface area contributed by atoms with Crippen molar-refractivity contribution in [2.24, 2.45) is 5.73 Å². The number of urea groups is 1. The third kappa shape index (κ3) is 5.24. The molecule has 0 spiro atoms. The summed E-state index contributed by atoms with van der Waals surface area (Å²) in [4.78, 5) is 23.1. The van der Waals surface area contributed by atoms with E-state index < -0.39 is 18.2 Å². The second-order valence-electron chi connectivity index (χ2n) is 5.99. The van der Waals surface area contributed by atoms with Crippen molar-refractivity contribution >= 4 is 17.6 Å². The van der Waals surface area contributed by atoms with Gasteiger partial charge in [-0.15, -0.1) is 0 Å². The zero-order chi connectivity index (χ0) is 18.4. The molecule has 2 aromatic rings. The average Bonchev–Trinajstić information content (AvgIpc) is 2.55. The topological polar surface area (TPSA) is 93.5 Å². The van der Waals surface area contributed by atoms with Gasteiger partial charge in [0.2, 0.25) is 5.91 Å². The number of para-hydroxylation sites is 1. The predicted molar refractivity (Wildman–Crippen MR) is 97.7 cm³/mol. The first kappa shape index (κ1) is 18.3. The maximum absolute atomic E-state index is 12.1. The number of nitrogens with one attached hydrogen (secondary N) is 2. The lowest BCUT2D eigenvalue weighted by Crippen LogP contribution is -2.39. The van der Waals surface area contributed by atoms with Crippen LogP contribution in [0.3, 0.4) is 0 Å². The number of carbonyl (C=O) groups is 2. The van der Waals surface area contributed by atoms with Crippen molar-refractivity contribution < 1.29 is 14.3 Å². The average molecular weight is 341 g/mol. The van der Waals surface area contributed by atoms with Gasteiger partial charge in [0.15, 0.2) is 6.23 Å². The van der Waals surface area contributed by atoms with E-state index in [1.54, 1.807) is 31.2 Å². The van der Waals surface area contributed by atoms with Crippen LogP contribution < -0.4 is 21.1 Å². The lowest BCUT2D eigenvalue weighted by Gasteiger charge is -2.20. The zero-order valence-corrected chi connectivity index (χ0v) is 14.6. The smallest absolute Gasteiger partial charge is 0.322 e. The molecule has 0 aliphatic heterocycles. The van der Waals surface area contributed by atoms with Gasteiger partial charge in [-0.2, -0.15) is 0 Å². The molecule has 0 aromatic heterocycles. The summed E-state index contributed by atoms with van der Waals surface area (Å²) >= 11 is 0. The molecule has 1 unspecified atom stereocenters. The zero-order valence-electron chi connectivity index (χ0n) is 14.6. The van der Waals surface area contributed by atoms with E-state index in [-0.39, 0.29) is 0 Å². The number of anilines is 1. The first-order chi connectivity index (χ1) is 11.9.